The van der Waals surface area contributed by atoms with Crippen LogP contribution in [-0.4, -0.2) is 10.1 Å². The van der Waals surface area contributed by atoms with Crippen molar-refractivity contribution in [2.45, 2.75) is 12.5 Å². The van der Waals surface area contributed by atoms with Crippen molar-refractivity contribution in [3.05, 3.63) is 65.5 Å². The van der Waals surface area contributed by atoms with E-state index in [0.29, 0.717) is 11.3 Å². The molecule has 0 fully saturated rings. The number of nitrogens with zero attached hydrogens (tertiary/aromatic N) is 2. The first-order chi connectivity index (χ1) is 8.14. The van der Waals surface area contributed by atoms with E-state index in [4.69, 9.17) is 5.26 Å². The number of hydrogen-bond donors (Lipinski definition) is 1. The first kappa shape index (κ1) is 11.3. The lowest BCUT2D eigenvalue weighted by Crippen LogP contribution is -2.23. The fourth-order valence-corrected chi connectivity index (χ4v) is 1.67. The maximum absolute atomic E-state index is 10.5. The summed E-state index contributed by atoms with van der Waals surface area (Å²) in [5, 5.41) is 19.2. The van der Waals surface area contributed by atoms with Gasteiger partial charge in [0.15, 0.2) is 0 Å². The highest BCUT2D eigenvalue weighted by molar-refractivity contribution is 5.37. The molecule has 84 valence electrons. The molecule has 17 heavy (non-hydrogen) atoms. The van der Waals surface area contributed by atoms with E-state index in [2.05, 4.69) is 4.98 Å². The third-order valence-corrected chi connectivity index (χ3v) is 2.74. The van der Waals surface area contributed by atoms with Crippen LogP contribution >= 0.6 is 0 Å². The first-order valence-electron chi connectivity index (χ1n) is 5.29. The fourth-order valence-electron chi connectivity index (χ4n) is 1.67. The van der Waals surface area contributed by atoms with E-state index >= 15 is 0 Å². The highest BCUT2D eigenvalue weighted by atomic mass is 16.3. The Morgan fingerprint density at radius 2 is 1.88 bits per heavy atom. The Bertz CT molecular complexity index is 539. The van der Waals surface area contributed by atoms with Gasteiger partial charge in [-0.2, -0.15) is 5.26 Å². The summed E-state index contributed by atoms with van der Waals surface area (Å²) in [4.78, 5) is 4.15. The maximum Gasteiger partial charge on any atom is 0.129 e. The second kappa shape index (κ2) is 4.36. The van der Waals surface area contributed by atoms with Gasteiger partial charge in [-0.05, 0) is 36.8 Å². The van der Waals surface area contributed by atoms with Crippen LogP contribution in [0.4, 0.5) is 0 Å². The largest absolute Gasteiger partial charge is 0.379 e. The number of benzene rings is 1. The molecule has 0 saturated carbocycles. The van der Waals surface area contributed by atoms with Crippen LogP contribution in [0.3, 0.4) is 0 Å². The van der Waals surface area contributed by atoms with Crippen LogP contribution in [0.5, 0.6) is 0 Å². The van der Waals surface area contributed by atoms with Gasteiger partial charge in [0.2, 0.25) is 0 Å². The minimum absolute atomic E-state index is 0.575. The molecule has 2 rings (SSSR count). The highest BCUT2D eigenvalue weighted by Crippen LogP contribution is 2.27. The van der Waals surface area contributed by atoms with Crippen molar-refractivity contribution in [1.82, 2.24) is 4.98 Å². The minimum atomic E-state index is -1.14. The summed E-state index contributed by atoms with van der Waals surface area (Å²) in [6.07, 6.45) is 1.65. The molecule has 1 N–H and O–H groups in total. The summed E-state index contributed by atoms with van der Waals surface area (Å²) in [5.74, 6) is 0. The molecule has 0 saturated heterocycles. The van der Waals surface area contributed by atoms with Gasteiger partial charge < -0.3 is 5.11 Å². The molecule has 0 bridgehead atoms. The number of aliphatic hydroxyl groups is 1. The normalized spacial score (nSPS) is 13.7. The third-order valence-electron chi connectivity index (χ3n) is 2.74. The highest BCUT2D eigenvalue weighted by Gasteiger charge is 2.26. The predicted molar refractivity (Wildman–Crippen MR) is 64.1 cm³/mol. The first-order valence-corrected chi connectivity index (χ1v) is 5.29. The van der Waals surface area contributed by atoms with Crippen LogP contribution in [0.15, 0.2) is 48.7 Å². The van der Waals surface area contributed by atoms with Gasteiger partial charge in [0, 0.05) is 6.20 Å². The van der Waals surface area contributed by atoms with Crippen molar-refractivity contribution in [3.63, 3.8) is 0 Å². The van der Waals surface area contributed by atoms with Crippen molar-refractivity contribution >= 4 is 0 Å². The lowest BCUT2D eigenvalue weighted by atomic mass is 9.91. The molecule has 3 heteroatoms. The molecule has 1 heterocycles. The molecule has 0 radical (unpaired) electrons. The zero-order valence-electron chi connectivity index (χ0n) is 9.46. The van der Waals surface area contributed by atoms with Gasteiger partial charge in [0.1, 0.15) is 5.60 Å². The van der Waals surface area contributed by atoms with Crippen molar-refractivity contribution in [1.29, 1.82) is 5.26 Å². The van der Waals surface area contributed by atoms with Crippen LogP contribution in [-0.2, 0) is 5.60 Å². The monoisotopic (exact) mass is 224 g/mol. The molecular formula is C14H12N2O. The molecule has 0 aliphatic heterocycles. The summed E-state index contributed by atoms with van der Waals surface area (Å²) < 4.78 is 0. The molecule has 0 amide bonds. The maximum atomic E-state index is 10.5. The molecule has 1 atom stereocenters. The molecular weight excluding hydrogens is 212 g/mol. The standard InChI is InChI=1S/C14H12N2O/c1-14(17,13-4-2-3-9-16-13)12-7-5-11(10-15)6-8-12/h2-9,17H,1H3. The summed E-state index contributed by atoms with van der Waals surface area (Å²) in [7, 11) is 0. The number of hydrogen-bond acceptors (Lipinski definition) is 3. The van der Waals surface area contributed by atoms with Crippen LogP contribution in [0.1, 0.15) is 23.7 Å². The molecule has 0 aliphatic rings. The molecule has 0 spiro atoms. The second-order valence-electron chi connectivity index (χ2n) is 3.98. The number of rotatable bonds is 2. The van der Waals surface area contributed by atoms with Crippen molar-refractivity contribution in [2.75, 3.05) is 0 Å². The fraction of sp³-hybridized carbons (Fsp3) is 0.143. The number of pyridine rings is 1. The van der Waals surface area contributed by atoms with Gasteiger partial charge >= 0.3 is 0 Å². The molecule has 0 aliphatic carbocycles. The molecule has 1 aromatic heterocycles. The predicted octanol–water partition coefficient (Wildman–Crippen LogP) is 2.21. The Morgan fingerprint density at radius 3 is 2.41 bits per heavy atom. The third kappa shape index (κ3) is 2.17. The second-order valence-corrected chi connectivity index (χ2v) is 3.98. The van der Waals surface area contributed by atoms with E-state index in [-0.39, 0.29) is 0 Å². The Morgan fingerprint density at radius 1 is 1.18 bits per heavy atom. The van der Waals surface area contributed by atoms with Crippen LogP contribution in [0, 0.1) is 11.3 Å². The average molecular weight is 224 g/mol. The van der Waals surface area contributed by atoms with Gasteiger partial charge in [0.25, 0.3) is 0 Å². The van der Waals surface area contributed by atoms with Crippen LogP contribution in [0.2, 0.25) is 0 Å². The van der Waals surface area contributed by atoms with Crippen molar-refractivity contribution < 1.29 is 5.11 Å². The van der Waals surface area contributed by atoms with Gasteiger partial charge in [-0.15, -0.1) is 0 Å². The Balaban J connectivity index is 2.41. The van der Waals surface area contributed by atoms with E-state index < -0.39 is 5.60 Å². The van der Waals surface area contributed by atoms with Crippen LogP contribution < -0.4 is 0 Å². The smallest absolute Gasteiger partial charge is 0.129 e. The van der Waals surface area contributed by atoms with E-state index in [1.54, 1.807) is 49.5 Å². The molecule has 3 nitrogen and oxygen atoms in total. The summed E-state index contributed by atoms with van der Waals surface area (Å²) >= 11 is 0. The topological polar surface area (TPSA) is 56.9 Å². The van der Waals surface area contributed by atoms with E-state index in [1.165, 1.54) is 0 Å². The minimum Gasteiger partial charge on any atom is -0.379 e. The number of nitriles is 1. The Hall–Kier alpha value is -2.18. The average Bonchev–Trinajstić information content (AvgIpc) is 2.40. The Labute approximate surface area is 100.0 Å². The van der Waals surface area contributed by atoms with Crippen molar-refractivity contribution in [2.24, 2.45) is 0 Å². The molecule has 2 aromatic rings. The lowest BCUT2D eigenvalue weighted by Gasteiger charge is -2.23. The lowest BCUT2D eigenvalue weighted by molar-refractivity contribution is 0.0974. The van der Waals surface area contributed by atoms with Crippen molar-refractivity contribution in [3.8, 4) is 6.07 Å². The zero-order valence-corrected chi connectivity index (χ0v) is 9.46. The van der Waals surface area contributed by atoms with Crippen LogP contribution in [0.25, 0.3) is 0 Å². The van der Waals surface area contributed by atoms with E-state index in [0.717, 1.165) is 5.56 Å². The zero-order chi connectivity index (χ0) is 12.3. The Kier molecular flexibility index (Phi) is 2.90. The van der Waals surface area contributed by atoms with Gasteiger partial charge in [0.05, 0.1) is 17.3 Å². The SMILES string of the molecule is CC(O)(c1ccc(C#N)cc1)c1ccccn1. The van der Waals surface area contributed by atoms with Gasteiger partial charge in [-0.3, -0.25) is 4.98 Å². The van der Waals surface area contributed by atoms with Gasteiger partial charge in [-0.1, -0.05) is 18.2 Å². The molecule has 1 unspecified atom stereocenters. The van der Waals surface area contributed by atoms with E-state index in [9.17, 15) is 5.11 Å². The summed E-state index contributed by atoms with van der Waals surface area (Å²) in [6.45, 7) is 1.69. The van der Waals surface area contributed by atoms with E-state index in [1.807, 2.05) is 12.1 Å². The summed E-state index contributed by atoms with van der Waals surface area (Å²) in [5.41, 5.74) is 0.736. The quantitative estimate of drug-likeness (QED) is 0.850. The summed E-state index contributed by atoms with van der Waals surface area (Å²) in [6, 6.07) is 14.3. The van der Waals surface area contributed by atoms with Gasteiger partial charge in [-0.25, -0.2) is 0 Å². The number of aromatic nitrogens is 1. The molecule has 1 aromatic carbocycles.